The van der Waals surface area contributed by atoms with Crippen LogP contribution in [0, 0.1) is 0 Å². The Bertz CT molecular complexity index is 869. The summed E-state index contributed by atoms with van der Waals surface area (Å²) in [4.78, 5) is 11.2. The average Bonchev–Trinajstić information content (AvgIpc) is 2.58. The number of hydrogen-bond acceptors (Lipinski definition) is 1. The smallest absolute Gasteiger partial charge is 0.399 e. The maximum atomic E-state index is 13.5. The van der Waals surface area contributed by atoms with E-state index < -0.39 is 18.1 Å². The van der Waals surface area contributed by atoms with E-state index >= 15 is 0 Å². The van der Waals surface area contributed by atoms with Gasteiger partial charge in [0.25, 0.3) is 0 Å². The zero-order valence-corrected chi connectivity index (χ0v) is 16.2. The molecular formula is C19H14Cl3F3O2. The molecule has 0 aliphatic carbocycles. The Labute approximate surface area is 169 Å². The van der Waals surface area contributed by atoms with E-state index in [4.69, 9.17) is 39.9 Å². The third-order valence-corrected chi connectivity index (χ3v) is 5.14. The molecule has 0 aliphatic rings. The summed E-state index contributed by atoms with van der Waals surface area (Å²) in [6, 6.07) is 6.63. The van der Waals surface area contributed by atoms with Crippen LogP contribution < -0.4 is 0 Å². The van der Waals surface area contributed by atoms with Gasteiger partial charge in [0.2, 0.25) is 0 Å². The van der Waals surface area contributed by atoms with Crippen molar-refractivity contribution < 1.29 is 23.1 Å². The number of carbonyl (C=O) groups is 1. The fraction of sp³-hybridized carbons (Fsp3) is 0.211. The molecule has 1 N–H and O–H groups in total. The topological polar surface area (TPSA) is 37.3 Å². The Hall–Kier alpha value is -1.69. The highest BCUT2D eigenvalue weighted by Gasteiger charge is 2.39. The first kappa shape index (κ1) is 21.6. The van der Waals surface area contributed by atoms with Gasteiger partial charge in [-0.2, -0.15) is 13.2 Å². The number of allylic oxidation sites excluding steroid dienone is 1. The number of benzene rings is 2. The summed E-state index contributed by atoms with van der Waals surface area (Å²) in [5.74, 6) is -3.03. The van der Waals surface area contributed by atoms with Gasteiger partial charge in [0.15, 0.2) is 0 Å². The molecule has 0 fully saturated rings. The highest BCUT2D eigenvalue weighted by molar-refractivity contribution is 6.48. The van der Waals surface area contributed by atoms with Gasteiger partial charge in [0.05, 0.1) is 26.5 Å². The van der Waals surface area contributed by atoms with E-state index in [9.17, 15) is 18.0 Å². The van der Waals surface area contributed by atoms with E-state index in [2.05, 4.69) is 0 Å². The highest BCUT2D eigenvalue weighted by Crippen LogP contribution is 2.41. The van der Waals surface area contributed by atoms with E-state index in [1.54, 1.807) is 13.0 Å². The van der Waals surface area contributed by atoms with Gasteiger partial charge < -0.3 is 5.11 Å². The maximum Gasteiger partial charge on any atom is 0.399 e. The Morgan fingerprint density at radius 2 is 1.74 bits per heavy atom. The van der Waals surface area contributed by atoms with Crippen LogP contribution in [-0.4, -0.2) is 17.3 Å². The van der Waals surface area contributed by atoms with Crippen LogP contribution in [0.25, 0.3) is 6.08 Å². The summed E-state index contributed by atoms with van der Waals surface area (Å²) in [6.45, 7) is 1.77. The van der Waals surface area contributed by atoms with Crippen LogP contribution in [0.2, 0.25) is 15.1 Å². The number of alkyl halides is 3. The van der Waals surface area contributed by atoms with Crippen molar-refractivity contribution >= 4 is 46.8 Å². The minimum Gasteiger partial charge on any atom is -0.478 e. The zero-order chi connectivity index (χ0) is 20.4. The van der Waals surface area contributed by atoms with Crippen molar-refractivity contribution in [2.75, 3.05) is 0 Å². The molecule has 27 heavy (non-hydrogen) atoms. The van der Waals surface area contributed by atoms with Crippen molar-refractivity contribution in [3.8, 4) is 0 Å². The maximum absolute atomic E-state index is 13.5. The Kier molecular flexibility index (Phi) is 6.84. The average molecular weight is 438 g/mol. The predicted octanol–water partition coefficient (Wildman–Crippen LogP) is 7.27. The summed E-state index contributed by atoms with van der Waals surface area (Å²) in [5, 5.41) is 8.99. The van der Waals surface area contributed by atoms with Crippen LogP contribution in [0.15, 0.2) is 36.4 Å². The van der Waals surface area contributed by atoms with Gasteiger partial charge in [-0.1, -0.05) is 66.0 Å². The normalized spacial score (nSPS) is 13.1. The van der Waals surface area contributed by atoms with Crippen LogP contribution in [0.1, 0.15) is 39.9 Å². The second-order valence-corrected chi connectivity index (χ2v) is 6.94. The standard InChI is InChI=1S/C19H14Cl3F3O2/c1-2-11-7-10(3-5-13(11)18(26)27)4-6-14(19(23,24)25)12-8-15(20)17(22)16(21)9-12/h3-9,14H,2H2,1H3,(H,26,27). The van der Waals surface area contributed by atoms with Crippen molar-refractivity contribution in [1.29, 1.82) is 0 Å². The van der Waals surface area contributed by atoms with Crippen molar-refractivity contribution in [3.63, 3.8) is 0 Å². The molecule has 0 amide bonds. The second-order valence-electron chi connectivity index (χ2n) is 5.75. The van der Waals surface area contributed by atoms with E-state index in [0.717, 1.165) is 18.2 Å². The molecule has 0 aromatic heterocycles. The van der Waals surface area contributed by atoms with E-state index in [-0.39, 0.29) is 26.2 Å². The SMILES string of the molecule is CCc1cc(C=CC(c2cc(Cl)c(Cl)c(Cl)c2)C(F)(F)F)ccc1C(=O)O. The molecule has 2 nitrogen and oxygen atoms in total. The Morgan fingerprint density at radius 3 is 2.22 bits per heavy atom. The fourth-order valence-corrected chi connectivity index (χ4v) is 3.20. The minimum absolute atomic E-state index is 0.0103. The molecule has 0 aliphatic heterocycles. The van der Waals surface area contributed by atoms with Gasteiger partial charge in [0.1, 0.15) is 0 Å². The van der Waals surface area contributed by atoms with Gasteiger partial charge in [-0.3, -0.25) is 0 Å². The Morgan fingerprint density at radius 1 is 1.15 bits per heavy atom. The number of halogens is 6. The number of carboxylic acid groups (broad SMARTS) is 1. The first-order valence-corrected chi connectivity index (χ1v) is 8.93. The Balaban J connectivity index is 2.45. The first-order valence-electron chi connectivity index (χ1n) is 7.80. The highest BCUT2D eigenvalue weighted by atomic mass is 35.5. The molecule has 8 heteroatoms. The lowest BCUT2D eigenvalue weighted by Crippen LogP contribution is -2.19. The van der Waals surface area contributed by atoms with Gasteiger partial charge in [-0.15, -0.1) is 0 Å². The molecule has 0 bridgehead atoms. The monoisotopic (exact) mass is 436 g/mol. The van der Waals surface area contributed by atoms with Crippen LogP contribution in [0.3, 0.4) is 0 Å². The van der Waals surface area contributed by atoms with Crippen LogP contribution >= 0.6 is 34.8 Å². The lowest BCUT2D eigenvalue weighted by Gasteiger charge is -2.18. The van der Waals surface area contributed by atoms with Crippen molar-refractivity contribution in [3.05, 3.63) is 73.7 Å². The van der Waals surface area contributed by atoms with Gasteiger partial charge in [-0.25, -0.2) is 4.79 Å². The summed E-state index contributed by atoms with van der Waals surface area (Å²) < 4.78 is 40.6. The molecular weight excluding hydrogens is 424 g/mol. The quantitative estimate of drug-likeness (QED) is 0.500. The summed E-state index contributed by atoms with van der Waals surface area (Å²) in [5.41, 5.74) is 0.970. The molecule has 0 saturated heterocycles. The molecule has 0 heterocycles. The fourth-order valence-electron chi connectivity index (χ4n) is 2.59. The summed E-state index contributed by atoms with van der Waals surface area (Å²) in [7, 11) is 0. The molecule has 2 aromatic carbocycles. The molecule has 2 rings (SSSR count). The predicted molar refractivity (Wildman–Crippen MR) is 102 cm³/mol. The molecule has 0 spiro atoms. The van der Waals surface area contributed by atoms with Crippen LogP contribution in [0.4, 0.5) is 13.2 Å². The van der Waals surface area contributed by atoms with E-state index in [0.29, 0.717) is 17.5 Å². The second kappa shape index (κ2) is 8.55. The van der Waals surface area contributed by atoms with Gasteiger partial charge in [-0.05, 0) is 41.3 Å². The number of aromatic carboxylic acids is 1. The lowest BCUT2D eigenvalue weighted by molar-refractivity contribution is -0.139. The molecule has 0 radical (unpaired) electrons. The molecule has 1 unspecified atom stereocenters. The molecule has 0 saturated carbocycles. The first-order chi connectivity index (χ1) is 12.5. The van der Waals surface area contributed by atoms with Crippen molar-refractivity contribution in [2.45, 2.75) is 25.4 Å². The zero-order valence-electron chi connectivity index (χ0n) is 13.9. The van der Waals surface area contributed by atoms with Crippen molar-refractivity contribution in [1.82, 2.24) is 0 Å². The van der Waals surface area contributed by atoms with Crippen LogP contribution in [0.5, 0.6) is 0 Å². The summed E-state index contributed by atoms with van der Waals surface area (Å²) in [6.07, 6.45) is -1.87. The molecule has 1 atom stereocenters. The number of carboxylic acids is 1. The van der Waals surface area contributed by atoms with Gasteiger partial charge >= 0.3 is 12.1 Å². The largest absolute Gasteiger partial charge is 0.478 e. The number of rotatable bonds is 5. The lowest BCUT2D eigenvalue weighted by atomic mass is 9.96. The molecule has 144 valence electrons. The third-order valence-electron chi connectivity index (χ3n) is 3.94. The minimum atomic E-state index is -4.58. The van der Waals surface area contributed by atoms with E-state index in [1.807, 2.05) is 0 Å². The van der Waals surface area contributed by atoms with Crippen molar-refractivity contribution in [2.24, 2.45) is 0 Å². The summed E-state index contributed by atoms with van der Waals surface area (Å²) >= 11 is 17.5. The third kappa shape index (κ3) is 5.18. The number of aryl methyl sites for hydroxylation is 1. The van der Waals surface area contributed by atoms with E-state index in [1.165, 1.54) is 18.2 Å². The van der Waals surface area contributed by atoms with Crippen LogP contribution in [-0.2, 0) is 6.42 Å². The number of hydrogen-bond donors (Lipinski definition) is 1. The molecule has 2 aromatic rings. The van der Waals surface area contributed by atoms with Gasteiger partial charge in [0, 0.05) is 0 Å².